The molecule has 0 heterocycles. The summed E-state index contributed by atoms with van der Waals surface area (Å²) in [4.78, 5) is 11.0. The van der Waals surface area contributed by atoms with Gasteiger partial charge in [-0.25, -0.2) is 8.42 Å². The first-order chi connectivity index (χ1) is 8.52. The van der Waals surface area contributed by atoms with Gasteiger partial charge in [0.15, 0.2) is 9.84 Å². The highest BCUT2D eigenvalue weighted by molar-refractivity contribution is 7.94. The minimum absolute atomic E-state index is 0.177. The second kappa shape index (κ2) is 7.11. The lowest BCUT2D eigenvalue weighted by atomic mass is 10.1. The van der Waals surface area contributed by atoms with Crippen molar-refractivity contribution in [1.29, 1.82) is 0 Å². The molecule has 4 heteroatoms. The third kappa shape index (κ3) is 5.27. The van der Waals surface area contributed by atoms with E-state index >= 15 is 0 Å². The number of allylic oxidation sites excluding steroid dienone is 1. The predicted octanol–water partition coefficient (Wildman–Crippen LogP) is 3.12. The first-order valence-electron chi connectivity index (χ1n) is 5.98. The number of ketones is 1. The lowest BCUT2D eigenvalue weighted by Crippen LogP contribution is -1.95. The van der Waals surface area contributed by atoms with Crippen LogP contribution in [0.1, 0.15) is 32.6 Å². The summed E-state index contributed by atoms with van der Waals surface area (Å²) < 4.78 is 23.7. The Morgan fingerprint density at radius 2 is 1.83 bits per heavy atom. The molecule has 0 aromatic heterocycles. The van der Waals surface area contributed by atoms with Crippen LogP contribution >= 0.6 is 0 Å². The maximum Gasteiger partial charge on any atom is 0.199 e. The number of Topliss-reactive ketones (excluding diaryl/α,β-unsaturated/α-hetero) is 1. The topological polar surface area (TPSA) is 51.2 Å². The molecule has 0 aliphatic carbocycles. The molecule has 0 spiro atoms. The van der Waals surface area contributed by atoms with Crippen molar-refractivity contribution < 1.29 is 13.2 Å². The van der Waals surface area contributed by atoms with Crippen molar-refractivity contribution in [3.8, 4) is 0 Å². The first kappa shape index (κ1) is 14.6. The van der Waals surface area contributed by atoms with E-state index in [1.807, 2.05) is 0 Å². The van der Waals surface area contributed by atoms with Crippen LogP contribution in [0.2, 0.25) is 0 Å². The van der Waals surface area contributed by atoms with E-state index in [2.05, 4.69) is 0 Å². The van der Waals surface area contributed by atoms with Crippen LogP contribution in [0.3, 0.4) is 0 Å². The van der Waals surface area contributed by atoms with Crippen molar-refractivity contribution in [3.63, 3.8) is 0 Å². The molecule has 1 aromatic rings. The van der Waals surface area contributed by atoms with Gasteiger partial charge in [0, 0.05) is 11.8 Å². The molecule has 0 amide bonds. The fraction of sp³-hybridized carbons (Fsp3) is 0.357. The molecule has 98 valence electrons. The molecule has 1 aromatic carbocycles. The van der Waals surface area contributed by atoms with Crippen LogP contribution in [0.5, 0.6) is 0 Å². The zero-order valence-electron chi connectivity index (χ0n) is 10.5. The van der Waals surface area contributed by atoms with Gasteiger partial charge in [-0.3, -0.25) is 0 Å². The van der Waals surface area contributed by atoms with Crippen LogP contribution in [-0.2, 0) is 14.6 Å². The summed E-state index contributed by atoms with van der Waals surface area (Å²) in [5.74, 6) is 0.177. The summed E-state index contributed by atoms with van der Waals surface area (Å²) in [5.41, 5.74) is 0. The molecule has 0 atom stereocenters. The van der Waals surface area contributed by atoms with Gasteiger partial charge in [0.05, 0.1) is 4.90 Å². The molecule has 1 rings (SSSR count). The Morgan fingerprint density at radius 1 is 1.17 bits per heavy atom. The van der Waals surface area contributed by atoms with E-state index in [0.29, 0.717) is 17.7 Å². The Morgan fingerprint density at radius 3 is 2.44 bits per heavy atom. The quantitative estimate of drug-likeness (QED) is 0.712. The standard InChI is InChI=1S/C14H18O3S/c1-13(15)9-5-2-3-8-12-18(16,17)14-10-6-4-7-11-14/h4,6-8,10-12H,2-3,5,9H2,1H3. The largest absolute Gasteiger partial charge is 0.300 e. The molecule has 0 aliphatic rings. The molecular formula is C14H18O3S. The Labute approximate surface area is 108 Å². The number of unbranched alkanes of at least 4 members (excludes halogenated alkanes) is 2. The zero-order chi connectivity index (χ0) is 13.4. The van der Waals surface area contributed by atoms with Crippen molar-refractivity contribution in [1.82, 2.24) is 0 Å². The van der Waals surface area contributed by atoms with E-state index in [1.165, 1.54) is 5.41 Å². The molecule has 0 unspecified atom stereocenters. The minimum atomic E-state index is -3.31. The molecule has 3 nitrogen and oxygen atoms in total. The van der Waals surface area contributed by atoms with E-state index in [-0.39, 0.29) is 5.78 Å². The van der Waals surface area contributed by atoms with E-state index in [9.17, 15) is 13.2 Å². The summed E-state index contributed by atoms with van der Waals surface area (Å²) in [6.45, 7) is 1.57. The monoisotopic (exact) mass is 266 g/mol. The third-order valence-electron chi connectivity index (χ3n) is 2.50. The number of carbonyl (C=O) groups excluding carboxylic acids is 1. The highest BCUT2D eigenvalue weighted by Crippen LogP contribution is 2.12. The Balaban J connectivity index is 2.44. The summed E-state index contributed by atoms with van der Waals surface area (Å²) in [5, 5.41) is 1.25. The lowest BCUT2D eigenvalue weighted by molar-refractivity contribution is -0.117. The SMILES string of the molecule is CC(=O)CCCCC=CS(=O)(=O)c1ccccc1. The summed E-state index contributed by atoms with van der Waals surface area (Å²) in [6.07, 6.45) is 4.55. The molecule has 0 N–H and O–H groups in total. The molecule has 0 bridgehead atoms. The number of sulfone groups is 1. The fourth-order valence-electron chi connectivity index (χ4n) is 1.52. The van der Waals surface area contributed by atoms with Crippen LogP contribution < -0.4 is 0 Å². The van der Waals surface area contributed by atoms with Gasteiger partial charge in [0.1, 0.15) is 5.78 Å². The average molecular weight is 266 g/mol. The van der Waals surface area contributed by atoms with Crippen LogP contribution in [0.4, 0.5) is 0 Å². The predicted molar refractivity (Wildman–Crippen MR) is 71.9 cm³/mol. The third-order valence-corrected chi connectivity index (χ3v) is 3.98. The summed E-state index contributed by atoms with van der Waals surface area (Å²) in [7, 11) is -3.31. The van der Waals surface area contributed by atoms with Crippen molar-refractivity contribution in [2.75, 3.05) is 0 Å². The molecule has 0 saturated carbocycles. The minimum Gasteiger partial charge on any atom is -0.300 e. The van der Waals surface area contributed by atoms with Gasteiger partial charge in [-0.1, -0.05) is 24.3 Å². The highest BCUT2D eigenvalue weighted by Gasteiger charge is 2.07. The van der Waals surface area contributed by atoms with Crippen molar-refractivity contribution in [2.24, 2.45) is 0 Å². The second-order valence-corrected chi connectivity index (χ2v) is 6.01. The number of hydrogen-bond donors (Lipinski definition) is 0. The fourth-order valence-corrected chi connectivity index (χ4v) is 2.60. The Hall–Kier alpha value is -1.42. The molecule has 0 aliphatic heterocycles. The Kier molecular flexibility index (Phi) is 5.78. The van der Waals surface area contributed by atoms with E-state index in [0.717, 1.165) is 12.8 Å². The molecule has 0 fully saturated rings. The maximum absolute atomic E-state index is 11.8. The van der Waals surface area contributed by atoms with Gasteiger partial charge in [0.25, 0.3) is 0 Å². The van der Waals surface area contributed by atoms with Gasteiger partial charge in [0.2, 0.25) is 0 Å². The van der Waals surface area contributed by atoms with E-state index < -0.39 is 9.84 Å². The van der Waals surface area contributed by atoms with Crippen molar-refractivity contribution in [2.45, 2.75) is 37.5 Å². The Bertz CT molecular complexity index is 501. The summed E-state index contributed by atoms with van der Waals surface area (Å²) >= 11 is 0. The highest BCUT2D eigenvalue weighted by atomic mass is 32.2. The van der Waals surface area contributed by atoms with Gasteiger partial charge in [-0.05, 0) is 38.3 Å². The maximum atomic E-state index is 11.8. The molecule has 0 radical (unpaired) electrons. The van der Waals surface area contributed by atoms with Crippen LogP contribution in [0, 0.1) is 0 Å². The van der Waals surface area contributed by atoms with Crippen LogP contribution in [-0.4, -0.2) is 14.2 Å². The van der Waals surface area contributed by atoms with Gasteiger partial charge >= 0.3 is 0 Å². The number of hydrogen-bond acceptors (Lipinski definition) is 3. The van der Waals surface area contributed by atoms with Crippen molar-refractivity contribution >= 4 is 15.6 Å². The first-order valence-corrected chi connectivity index (χ1v) is 7.53. The molecule has 18 heavy (non-hydrogen) atoms. The lowest BCUT2D eigenvalue weighted by Gasteiger charge is -1.98. The normalized spacial score (nSPS) is 11.8. The second-order valence-electron chi connectivity index (χ2n) is 4.18. The molecule has 0 saturated heterocycles. The van der Waals surface area contributed by atoms with Gasteiger partial charge in [-0.2, -0.15) is 0 Å². The number of benzene rings is 1. The van der Waals surface area contributed by atoms with Gasteiger partial charge in [-0.15, -0.1) is 0 Å². The van der Waals surface area contributed by atoms with Crippen LogP contribution in [0.25, 0.3) is 0 Å². The average Bonchev–Trinajstić information content (AvgIpc) is 2.34. The number of rotatable bonds is 7. The van der Waals surface area contributed by atoms with Crippen molar-refractivity contribution in [3.05, 3.63) is 41.8 Å². The van der Waals surface area contributed by atoms with Gasteiger partial charge < -0.3 is 4.79 Å². The smallest absolute Gasteiger partial charge is 0.199 e. The van der Waals surface area contributed by atoms with E-state index in [1.54, 1.807) is 43.3 Å². The number of carbonyl (C=O) groups is 1. The summed E-state index contributed by atoms with van der Waals surface area (Å²) in [6, 6.07) is 8.34. The van der Waals surface area contributed by atoms with Crippen LogP contribution in [0.15, 0.2) is 46.7 Å². The zero-order valence-corrected chi connectivity index (χ0v) is 11.3. The van der Waals surface area contributed by atoms with E-state index in [4.69, 9.17) is 0 Å². The molecular weight excluding hydrogens is 248 g/mol.